The molecule has 2 heterocycles. The van der Waals surface area contributed by atoms with Crippen molar-refractivity contribution in [2.75, 3.05) is 4.90 Å². The van der Waals surface area contributed by atoms with Gasteiger partial charge in [-0.15, -0.1) is 0 Å². The van der Waals surface area contributed by atoms with E-state index in [0.29, 0.717) is 22.5 Å². The molecular formula is C42H32N2O2. The Labute approximate surface area is 268 Å². The van der Waals surface area contributed by atoms with Crippen molar-refractivity contribution < 1.29 is 9.59 Å². The molecule has 0 aliphatic carbocycles. The van der Waals surface area contributed by atoms with Crippen LogP contribution in [0.2, 0.25) is 0 Å². The van der Waals surface area contributed by atoms with E-state index < -0.39 is 0 Å². The van der Waals surface area contributed by atoms with Gasteiger partial charge in [0.25, 0.3) is 11.8 Å². The summed E-state index contributed by atoms with van der Waals surface area (Å²) in [5.41, 5.74) is 8.71. The van der Waals surface area contributed by atoms with E-state index in [0.717, 1.165) is 44.1 Å². The third-order valence-electron chi connectivity index (χ3n) is 9.07. The number of benzene rings is 6. The van der Waals surface area contributed by atoms with Crippen LogP contribution in [0.25, 0.3) is 49.7 Å². The largest absolute Gasteiger partial charge is 0.308 e. The molecule has 0 radical (unpaired) electrons. The fraction of sp³-hybridized carbons (Fsp3) is 0.0952. The van der Waals surface area contributed by atoms with Crippen LogP contribution in [0.4, 0.5) is 5.69 Å². The lowest BCUT2D eigenvalue weighted by Gasteiger charge is -2.23. The summed E-state index contributed by atoms with van der Waals surface area (Å²) in [5, 5.41) is 2.23. The van der Waals surface area contributed by atoms with Crippen LogP contribution in [0, 0.1) is 0 Å². The van der Waals surface area contributed by atoms with E-state index in [2.05, 4.69) is 55.7 Å². The van der Waals surface area contributed by atoms with Crippen LogP contribution in [0.1, 0.15) is 47.1 Å². The number of imide groups is 1. The standard InChI is InChI=1S/C42H32N2O2/c1-42(2,3)34-24-13-22-32-31-19-10-11-25-35(31)43(39(32)34)36-26-14-23-33-37(36)41(46)44(40(33)45)38-29(27-15-6-4-7-16-27)20-12-21-30(38)28-17-8-5-9-18-28/h4-26H,1-3H3. The molecule has 0 fully saturated rings. The first-order valence-corrected chi connectivity index (χ1v) is 15.6. The molecule has 0 saturated carbocycles. The minimum Gasteiger partial charge on any atom is -0.308 e. The highest BCUT2D eigenvalue weighted by Gasteiger charge is 2.41. The Kier molecular flexibility index (Phi) is 6.29. The molecule has 0 N–H and O–H groups in total. The number of nitrogens with zero attached hydrogens (tertiary/aromatic N) is 2. The highest BCUT2D eigenvalue weighted by Crippen LogP contribution is 2.45. The molecule has 1 aromatic heterocycles. The number of anilines is 1. The Morgan fingerprint density at radius 3 is 1.70 bits per heavy atom. The number of rotatable bonds is 4. The number of amides is 2. The minimum atomic E-state index is -0.324. The molecule has 1 aliphatic rings. The van der Waals surface area contributed by atoms with E-state index in [4.69, 9.17) is 0 Å². The SMILES string of the molecule is CC(C)(C)c1cccc2c3ccccc3n(-c3cccc4c3C(=O)N(c3c(-c5ccccc5)cccc3-c3ccccc3)C4=O)c12. The number of hydrogen-bond donors (Lipinski definition) is 0. The van der Waals surface area contributed by atoms with Gasteiger partial charge in [-0.25, -0.2) is 4.90 Å². The van der Waals surface area contributed by atoms with E-state index in [1.807, 2.05) is 103 Å². The second-order valence-corrected chi connectivity index (χ2v) is 12.9. The van der Waals surface area contributed by atoms with Gasteiger partial charge in [0.05, 0.1) is 33.5 Å². The Hall–Kier alpha value is -5.74. The van der Waals surface area contributed by atoms with Crippen LogP contribution in [0.5, 0.6) is 0 Å². The first-order chi connectivity index (χ1) is 22.3. The zero-order valence-corrected chi connectivity index (χ0v) is 26.0. The number of carbonyl (C=O) groups excluding carboxylic acids is 2. The summed E-state index contributed by atoms with van der Waals surface area (Å²) in [6, 6.07) is 46.3. The maximum atomic E-state index is 14.9. The minimum absolute atomic E-state index is 0.158. The van der Waals surface area contributed by atoms with Crippen LogP contribution >= 0.6 is 0 Å². The van der Waals surface area contributed by atoms with Crippen molar-refractivity contribution in [3.63, 3.8) is 0 Å². The van der Waals surface area contributed by atoms with Gasteiger partial charge in [-0.05, 0) is 40.3 Å². The molecule has 1 aliphatic heterocycles. The van der Waals surface area contributed by atoms with Gasteiger partial charge in [-0.2, -0.15) is 0 Å². The lowest BCUT2D eigenvalue weighted by atomic mass is 9.85. The van der Waals surface area contributed by atoms with E-state index in [1.54, 1.807) is 6.07 Å². The van der Waals surface area contributed by atoms with Crippen LogP contribution in [-0.2, 0) is 5.41 Å². The lowest BCUT2D eigenvalue weighted by molar-refractivity contribution is 0.0926. The molecular weight excluding hydrogens is 564 g/mol. The third kappa shape index (κ3) is 4.14. The predicted molar refractivity (Wildman–Crippen MR) is 188 cm³/mol. The summed E-state index contributed by atoms with van der Waals surface area (Å²) < 4.78 is 2.19. The summed E-state index contributed by atoms with van der Waals surface area (Å²) >= 11 is 0. The summed E-state index contributed by atoms with van der Waals surface area (Å²) in [6.45, 7) is 6.63. The summed E-state index contributed by atoms with van der Waals surface area (Å²) in [7, 11) is 0. The van der Waals surface area contributed by atoms with Crippen LogP contribution in [-0.4, -0.2) is 16.4 Å². The Morgan fingerprint density at radius 1 is 0.500 bits per heavy atom. The molecule has 4 heteroatoms. The average molecular weight is 597 g/mol. The van der Waals surface area contributed by atoms with Crippen LogP contribution in [0.15, 0.2) is 140 Å². The smallest absolute Gasteiger partial charge is 0.268 e. The molecule has 0 atom stereocenters. The van der Waals surface area contributed by atoms with Gasteiger partial charge in [0.1, 0.15) is 0 Å². The van der Waals surface area contributed by atoms with E-state index in [1.165, 1.54) is 10.5 Å². The molecule has 6 aromatic carbocycles. The Bertz CT molecular complexity index is 2270. The first kappa shape index (κ1) is 27.8. The molecule has 7 aromatic rings. The van der Waals surface area contributed by atoms with E-state index in [9.17, 15) is 9.59 Å². The maximum absolute atomic E-state index is 14.9. The van der Waals surface area contributed by atoms with Gasteiger partial charge in [-0.3, -0.25) is 9.59 Å². The fourth-order valence-corrected chi connectivity index (χ4v) is 7.02. The van der Waals surface area contributed by atoms with Gasteiger partial charge in [0.2, 0.25) is 0 Å². The van der Waals surface area contributed by atoms with E-state index in [-0.39, 0.29) is 17.2 Å². The molecule has 0 saturated heterocycles. The number of carbonyl (C=O) groups is 2. The van der Waals surface area contributed by atoms with Crippen molar-refractivity contribution in [1.82, 2.24) is 4.57 Å². The van der Waals surface area contributed by atoms with Crippen molar-refractivity contribution in [3.05, 3.63) is 156 Å². The number of para-hydroxylation sites is 3. The van der Waals surface area contributed by atoms with Crippen molar-refractivity contribution in [2.45, 2.75) is 26.2 Å². The second-order valence-electron chi connectivity index (χ2n) is 12.9. The molecule has 222 valence electrons. The van der Waals surface area contributed by atoms with Gasteiger partial charge in [0.15, 0.2) is 0 Å². The number of hydrogen-bond acceptors (Lipinski definition) is 2. The van der Waals surface area contributed by atoms with Gasteiger partial charge in [-0.1, -0.05) is 142 Å². The van der Waals surface area contributed by atoms with Gasteiger partial charge >= 0.3 is 0 Å². The van der Waals surface area contributed by atoms with Gasteiger partial charge < -0.3 is 4.57 Å². The number of aromatic nitrogens is 1. The predicted octanol–water partition coefficient (Wildman–Crippen LogP) is 10.2. The zero-order valence-electron chi connectivity index (χ0n) is 26.0. The monoisotopic (exact) mass is 596 g/mol. The highest BCUT2D eigenvalue weighted by molar-refractivity contribution is 6.37. The fourth-order valence-electron chi connectivity index (χ4n) is 7.02. The zero-order chi connectivity index (χ0) is 31.6. The topological polar surface area (TPSA) is 42.3 Å². The van der Waals surface area contributed by atoms with E-state index >= 15 is 0 Å². The maximum Gasteiger partial charge on any atom is 0.268 e. The quantitative estimate of drug-likeness (QED) is 0.190. The average Bonchev–Trinajstić information content (AvgIpc) is 3.55. The molecule has 2 amide bonds. The van der Waals surface area contributed by atoms with Crippen LogP contribution in [0.3, 0.4) is 0 Å². The summed E-state index contributed by atoms with van der Waals surface area (Å²) in [4.78, 5) is 30.9. The molecule has 0 bridgehead atoms. The molecule has 46 heavy (non-hydrogen) atoms. The molecule has 8 rings (SSSR count). The normalized spacial score (nSPS) is 13.2. The summed E-state index contributed by atoms with van der Waals surface area (Å²) in [6.07, 6.45) is 0. The van der Waals surface area contributed by atoms with Crippen LogP contribution < -0.4 is 4.90 Å². The lowest BCUT2D eigenvalue weighted by Crippen LogP contribution is -2.30. The number of fused-ring (bicyclic) bond motifs is 4. The van der Waals surface area contributed by atoms with Crippen molar-refractivity contribution in [1.29, 1.82) is 0 Å². The Balaban J connectivity index is 1.41. The second kappa shape index (κ2) is 10.4. The third-order valence-corrected chi connectivity index (χ3v) is 9.07. The van der Waals surface area contributed by atoms with Crippen molar-refractivity contribution in [2.24, 2.45) is 0 Å². The van der Waals surface area contributed by atoms with Crippen molar-refractivity contribution in [3.8, 4) is 27.9 Å². The summed E-state index contributed by atoms with van der Waals surface area (Å²) in [5.74, 6) is -0.644. The highest BCUT2D eigenvalue weighted by atomic mass is 16.2. The molecule has 4 nitrogen and oxygen atoms in total. The van der Waals surface area contributed by atoms with Gasteiger partial charge in [0, 0.05) is 21.9 Å². The van der Waals surface area contributed by atoms with Crippen molar-refractivity contribution >= 4 is 39.3 Å². The Morgan fingerprint density at radius 2 is 1.04 bits per heavy atom. The first-order valence-electron chi connectivity index (χ1n) is 15.6. The molecule has 0 spiro atoms. The molecule has 0 unspecified atom stereocenters.